The predicted molar refractivity (Wildman–Crippen MR) is 97.7 cm³/mol. The van der Waals surface area contributed by atoms with Crippen molar-refractivity contribution in [3.05, 3.63) is 46.4 Å². The summed E-state index contributed by atoms with van der Waals surface area (Å²) in [6.07, 6.45) is 0.253. The van der Waals surface area contributed by atoms with Gasteiger partial charge in [0, 0.05) is 24.1 Å². The van der Waals surface area contributed by atoms with Crippen LogP contribution >= 0.6 is 23.2 Å². The van der Waals surface area contributed by atoms with Crippen LogP contribution in [0, 0.1) is 0 Å². The summed E-state index contributed by atoms with van der Waals surface area (Å²) in [5, 5.41) is 7.02. The van der Waals surface area contributed by atoms with E-state index in [1.165, 1.54) is 0 Å². The summed E-state index contributed by atoms with van der Waals surface area (Å²) in [6, 6.07) is 10.3. The van der Waals surface area contributed by atoms with E-state index in [-0.39, 0.29) is 12.3 Å². The van der Waals surface area contributed by atoms with Crippen LogP contribution in [0.5, 0.6) is 11.5 Å². The molecule has 2 N–H and O–H groups in total. The molecule has 0 aliphatic heterocycles. The second-order valence-electron chi connectivity index (χ2n) is 4.92. The molecule has 128 valence electrons. The Bertz CT molecular complexity index is 723. The van der Waals surface area contributed by atoms with Gasteiger partial charge in [0.25, 0.3) is 0 Å². The molecule has 7 heteroatoms. The van der Waals surface area contributed by atoms with Crippen LogP contribution in [-0.4, -0.2) is 26.7 Å². The number of ether oxygens (including phenoxy) is 2. The van der Waals surface area contributed by atoms with Crippen LogP contribution in [0.25, 0.3) is 0 Å². The van der Waals surface area contributed by atoms with Crippen molar-refractivity contribution in [2.24, 2.45) is 0 Å². The Labute approximate surface area is 150 Å². The smallest absolute Gasteiger partial charge is 0.226 e. The zero-order chi connectivity index (χ0) is 17.5. The van der Waals surface area contributed by atoms with Crippen molar-refractivity contribution in [3.63, 3.8) is 0 Å². The molecule has 0 fully saturated rings. The molecule has 0 aliphatic carbocycles. The number of carbonyl (C=O) groups excluding carboxylic acids is 1. The zero-order valence-corrected chi connectivity index (χ0v) is 14.9. The van der Waals surface area contributed by atoms with Gasteiger partial charge >= 0.3 is 0 Å². The zero-order valence-electron chi connectivity index (χ0n) is 13.4. The van der Waals surface area contributed by atoms with Gasteiger partial charge in [0.05, 0.1) is 30.6 Å². The molecule has 0 aromatic heterocycles. The van der Waals surface area contributed by atoms with E-state index in [2.05, 4.69) is 10.6 Å². The van der Waals surface area contributed by atoms with Gasteiger partial charge in [-0.15, -0.1) is 0 Å². The Morgan fingerprint density at radius 3 is 2.54 bits per heavy atom. The molecule has 2 aromatic rings. The molecule has 0 bridgehead atoms. The lowest BCUT2D eigenvalue weighted by Gasteiger charge is -2.12. The van der Waals surface area contributed by atoms with Crippen LogP contribution in [0.3, 0.4) is 0 Å². The Hall–Kier alpha value is -2.11. The first-order chi connectivity index (χ1) is 11.5. The Morgan fingerprint density at radius 2 is 1.83 bits per heavy atom. The molecule has 24 heavy (non-hydrogen) atoms. The number of hydrogen-bond acceptors (Lipinski definition) is 4. The van der Waals surface area contributed by atoms with Crippen molar-refractivity contribution in [1.82, 2.24) is 0 Å². The van der Waals surface area contributed by atoms with E-state index in [0.29, 0.717) is 39.5 Å². The molecular formula is C17H18Cl2N2O3. The van der Waals surface area contributed by atoms with E-state index in [9.17, 15) is 4.79 Å². The average molecular weight is 369 g/mol. The van der Waals surface area contributed by atoms with Gasteiger partial charge in [0.1, 0.15) is 11.5 Å². The maximum Gasteiger partial charge on any atom is 0.226 e. The largest absolute Gasteiger partial charge is 0.497 e. The number of anilines is 2. The van der Waals surface area contributed by atoms with Crippen molar-refractivity contribution in [1.29, 1.82) is 0 Å². The van der Waals surface area contributed by atoms with Crippen LogP contribution in [0.2, 0.25) is 10.0 Å². The maximum atomic E-state index is 12.1. The minimum absolute atomic E-state index is 0.160. The van der Waals surface area contributed by atoms with Crippen molar-refractivity contribution < 1.29 is 14.3 Å². The summed E-state index contributed by atoms with van der Waals surface area (Å²) in [5.41, 5.74) is 1.25. The third-order valence-electron chi connectivity index (χ3n) is 3.28. The Kier molecular flexibility index (Phi) is 6.58. The fraction of sp³-hybridized carbons (Fsp3) is 0.235. The first-order valence-electron chi connectivity index (χ1n) is 7.24. The molecule has 0 radical (unpaired) electrons. The molecule has 2 rings (SSSR count). The standard InChI is InChI=1S/C17H18Cl2N2O3/c1-23-12-4-6-16(24-2)15(10-12)21-17(22)7-8-20-14-9-11(18)3-5-13(14)19/h3-6,9-10,20H,7-8H2,1-2H3,(H,21,22). The molecule has 1 amide bonds. The van der Waals surface area contributed by atoms with Gasteiger partial charge < -0.3 is 20.1 Å². The van der Waals surface area contributed by atoms with E-state index >= 15 is 0 Å². The van der Waals surface area contributed by atoms with E-state index in [1.54, 1.807) is 50.6 Å². The van der Waals surface area contributed by atoms with Gasteiger partial charge in [0.15, 0.2) is 0 Å². The quantitative estimate of drug-likeness (QED) is 0.757. The predicted octanol–water partition coefficient (Wildman–Crippen LogP) is 4.45. The van der Waals surface area contributed by atoms with E-state index < -0.39 is 0 Å². The molecule has 0 atom stereocenters. The summed E-state index contributed by atoms with van der Waals surface area (Å²) in [6.45, 7) is 0.415. The lowest BCUT2D eigenvalue weighted by molar-refractivity contribution is -0.115. The van der Waals surface area contributed by atoms with Crippen molar-refractivity contribution in [3.8, 4) is 11.5 Å². The monoisotopic (exact) mass is 368 g/mol. The first kappa shape index (κ1) is 18.2. The molecule has 0 spiro atoms. The second kappa shape index (κ2) is 8.66. The lowest BCUT2D eigenvalue weighted by Crippen LogP contribution is -2.16. The van der Waals surface area contributed by atoms with Crippen LogP contribution in [0.4, 0.5) is 11.4 Å². The highest BCUT2D eigenvalue weighted by atomic mass is 35.5. The van der Waals surface area contributed by atoms with Crippen molar-refractivity contribution in [2.75, 3.05) is 31.4 Å². The van der Waals surface area contributed by atoms with E-state index in [0.717, 1.165) is 0 Å². The minimum atomic E-state index is -0.160. The summed E-state index contributed by atoms with van der Waals surface area (Å²) < 4.78 is 10.4. The highest BCUT2D eigenvalue weighted by molar-refractivity contribution is 6.35. The molecule has 0 saturated heterocycles. The van der Waals surface area contributed by atoms with Crippen molar-refractivity contribution in [2.45, 2.75) is 6.42 Å². The van der Waals surface area contributed by atoms with Crippen LogP contribution in [-0.2, 0) is 4.79 Å². The minimum Gasteiger partial charge on any atom is -0.497 e. The molecule has 2 aromatic carbocycles. The van der Waals surface area contributed by atoms with Gasteiger partial charge in [0.2, 0.25) is 5.91 Å². The van der Waals surface area contributed by atoms with Crippen molar-refractivity contribution >= 4 is 40.5 Å². The van der Waals surface area contributed by atoms with Gasteiger partial charge in [-0.1, -0.05) is 23.2 Å². The van der Waals surface area contributed by atoms with Crippen LogP contribution < -0.4 is 20.1 Å². The van der Waals surface area contributed by atoms with Gasteiger partial charge in [-0.3, -0.25) is 4.79 Å². The second-order valence-corrected chi connectivity index (χ2v) is 5.76. The number of methoxy groups -OCH3 is 2. The Balaban J connectivity index is 1.93. The number of rotatable bonds is 7. The van der Waals surface area contributed by atoms with Crippen LogP contribution in [0.15, 0.2) is 36.4 Å². The number of benzene rings is 2. The molecule has 0 unspecified atom stereocenters. The number of nitrogens with one attached hydrogen (secondary N) is 2. The number of hydrogen-bond donors (Lipinski definition) is 2. The van der Waals surface area contributed by atoms with Gasteiger partial charge in [-0.25, -0.2) is 0 Å². The topological polar surface area (TPSA) is 59.6 Å². The lowest BCUT2D eigenvalue weighted by atomic mass is 10.2. The normalized spacial score (nSPS) is 10.2. The number of halogens is 2. The number of amides is 1. The summed E-state index contributed by atoms with van der Waals surface area (Å²) >= 11 is 12.0. The molecule has 0 aliphatic rings. The molecule has 0 saturated carbocycles. The number of carbonyl (C=O) groups is 1. The Morgan fingerprint density at radius 1 is 1.04 bits per heavy atom. The van der Waals surface area contributed by atoms with Crippen LogP contribution in [0.1, 0.15) is 6.42 Å². The first-order valence-corrected chi connectivity index (χ1v) is 8.00. The average Bonchev–Trinajstić information content (AvgIpc) is 2.57. The highest BCUT2D eigenvalue weighted by Gasteiger charge is 2.09. The molecular weight excluding hydrogens is 351 g/mol. The SMILES string of the molecule is COc1ccc(OC)c(NC(=O)CCNc2cc(Cl)ccc2Cl)c1. The van der Waals surface area contributed by atoms with E-state index in [4.69, 9.17) is 32.7 Å². The summed E-state index contributed by atoms with van der Waals surface area (Å²) in [5.74, 6) is 1.04. The molecule has 5 nitrogen and oxygen atoms in total. The maximum absolute atomic E-state index is 12.1. The summed E-state index contributed by atoms with van der Waals surface area (Å²) in [4.78, 5) is 12.1. The fourth-order valence-corrected chi connectivity index (χ4v) is 2.42. The third-order valence-corrected chi connectivity index (χ3v) is 3.84. The van der Waals surface area contributed by atoms with Gasteiger partial charge in [-0.05, 0) is 30.3 Å². The summed E-state index contributed by atoms with van der Waals surface area (Å²) in [7, 11) is 3.10. The van der Waals surface area contributed by atoms with E-state index in [1.807, 2.05) is 0 Å². The molecule has 0 heterocycles. The van der Waals surface area contributed by atoms with Gasteiger partial charge in [-0.2, -0.15) is 0 Å². The fourth-order valence-electron chi connectivity index (χ4n) is 2.07. The third kappa shape index (κ3) is 4.94. The highest BCUT2D eigenvalue weighted by Crippen LogP contribution is 2.29.